The minimum absolute atomic E-state index is 0.411. The number of hydrogen-bond acceptors (Lipinski definition) is 3. The van der Waals surface area contributed by atoms with Gasteiger partial charge < -0.3 is 10.1 Å². The third kappa shape index (κ3) is 3.39. The molecule has 0 aromatic heterocycles. The molecule has 0 saturated heterocycles. The van der Waals surface area contributed by atoms with Crippen molar-refractivity contribution in [3.8, 4) is 0 Å². The van der Waals surface area contributed by atoms with Crippen LogP contribution in [-0.4, -0.2) is 18.2 Å². The van der Waals surface area contributed by atoms with Gasteiger partial charge in [-0.3, -0.25) is 5.32 Å². The fraction of sp³-hybridized carbons (Fsp3) is 0.500. The molecular weight excluding hydrogens is 228 g/mol. The summed E-state index contributed by atoms with van der Waals surface area (Å²) in [7, 11) is 0. The van der Waals surface area contributed by atoms with Gasteiger partial charge in [-0.25, -0.2) is 4.79 Å². The third-order valence-electron chi connectivity index (χ3n) is 2.69. The lowest BCUT2D eigenvalue weighted by Gasteiger charge is -2.21. The second-order valence-corrected chi connectivity index (χ2v) is 5.53. The quantitative estimate of drug-likeness (QED) is 0.801. The number of carbonyl (C=O) groups is 1. The Hall–Kier alpha value is -1.71. The molecule has 1 aliphatic heterocycles. The molecule has 1 aliphatic rings. The Balaban J connectivity index is 2.04. The number of anilines is 2. The molecule has 2 rings (SSSR count). The van der Waals surface area contributed by atoms with Gasteiger partial charge in [-0.1, -0.05) is 0 Å². The predicted octanol–water partition coefficient (Wildman–Crippen LogP) is 3.39. The molecule has 1 aromatic carbocycles. The van der Waals surface area contributed by atoms with E-state index in [9.17, 15) is 4.79 Å². The van der Waals surface area contributed by atoms with Crippen LogP contribution in [0.4, 0.5) is 16.2 Å². The zero-order valence-electron chi connectivity index (χ0n) is 11.2. The highest BCUT2D eigenvalue weighted by molar-refractivity contribution is 5.85. The van der Waals surface area contributed by atoms with Crippen LogP contribution in [0.2, 0.25) is 0 Å². The summed E-state index contributed by atoms with van der Waals surface area (Å²) in [4.78, 5) is 11.6. The fourth-order valence-corrected chi connectivity index (χ4v) is 1.97. The smallest absolute Gasteiger partial charge is 0.412 e. The van der Waals surface area contributed by atoms with E-state index in [1.807, 2.05) is 39.0 Å². The van der Waals surface area contributed by atoms with E-state index >= 15 is 0 Å². The first-order chi connectivity index (χ1) is 8.44. The normalized spacial score (nSPS) is 14.4. The SMILES string of the molecule is CC(C)(C)OC(=O)Nc1ccc2c(c1)CCCN2. The summed E-state index contributed by atoms with van der Waals surface area (Å²) in [6.45, 7) is 6.57. The van der Waals surface area contributed by atoms with Gasteiger partial charge in [0, 0.05) is 17.9 Å². The van der Waals surface area contributed by atoms with Crippen molar-refractivity contribution in [2.75, 3.05) is 17.2 Å². The molecule has 0 atom stereocenters. The van der Waals surface area contributed by atoms with E-state index in [2.05, 4.69) is 10.6 Å². The second kappa shape index (κ2) is 4.88. The lowest BCUT2D eigenvalue weighted by atomic mass is 10.0. The number of hydrogen-bond donors (Lipinski definition) is 2. The Kier molecular flexibility index (Phi) is 3.45. The molecule has 0 bridgehead atoms. The number of carbonyl (C=O) groups excluding carboxylic acids is 1. The van der Waals surface area contributed by atoms with Crippen molar-refractivity contribution >= 4 is 17.5 Å². The molecule has 0 radical (unpaired) electrons. The minimum atomic E-state index is -0.472. The molecule has 1 amide bonds. The van der Waals surface area contributed by atoms with Gasteiger partial charge in [0.05, 0.1) is 0 Å². The van der Waals surface area contributed by atoms with Gasteiger partial charge in [0.2, 0.25) is 0 Å². The van der Waals surface area contributed by atoms with Gasteiger partial charge in [0.25, 0.3) is 0 Å². The van der Waals surface area contributed by atoms with Crippen molar-refractivity contribution in [3.05, 3.63) is 23.8 Å². The zero-order chi connectivity index (χ0) is 13.2. The molecule has 1 heterocycles. The Labute approximate surface area is 108 Å². The molecule has 4 heteroatoms. The summed E-state index contributed by atoms with van der Waals surface area (Å²) in [5.41, 5.74) is 2.72. The Bertz CT molecular complexity index is 450. The highest BCUT2D eigenvalue weighted by Gasteiger charge is 2.16. The maximum Gasteiger partial charge on any atom is 0.412 e. The molecule has 98 valence electrons. The van der Waals surface area contributed by atoms with Crippen LogP contribution >= 0.6 is 0 Å². The van der Waals surface area contributed by atoms with Gasteiger partial charge in [-0.05, 0) is 57.4 Å². The van der Waals surface area contributed by atoms with Crippen LogP contribution in [0.5, 0.6) is 0 Å². The molecule has 0 fully saturated rings. The first-order valence-corrected chi connectivity index (χ1v) is 6.31. The molecular formula is C14H20N2O2. The topological polar surface area (TPSA) is 50.4 Å². The van der Waals surface area contributed by atoms with Crippen LogP contribution in [0.15, 0.2) is 18.2 Å². The number of fused-ring (bicyclic) bond motifs is 1. The second-order valence-electron chi connectivity index (χ2n) is 5.53. The summed E-state index contributed by atoms with van der Waals surface area (Å²) < 4.78 is 5.22. The lowest BCUT2D eigenvalue weighted by molar-refractivity contribution is 0.0636. The maximum atomic E-state index is 11.6. The summed E-state index contributed by atoms with van der Waals surface area (Å²) in [5.74, 6) is 0. The fourth-order valence-electron chi connectivity index (χ4n) is 1.97. The number of amides is 1. The number of nitrogens with one attached hydrogen (secondary N) is 2. The lowest BCUT2D eigenvalue weighted by Crippen LogP contribution is -2.27. The summed E-state index contributed by atoms with van der Waals surface area (Å²) in [5, 5.41) is 6.10. The van der Waals surface area contributed by atoms with Crippen LogP contribution in [0.1, 0.15) is 32.8 Å². The van der Waals surface area contributed by atoms with Gasteiger partial charge in [-0.2, -0.15) is 0 Å². The van der Waals surface area contributed by atoms with Crippen LogP contribution in [0, 0.1) is 0 Å². The van der Waals surface area contributed by atoms with Crippen molar-refractivity contribution < 1.29 is 9.53 Å². The molecule has 1 aromatic rings. The van der Waals surface area contributed by atoms with Gasteiger partial charge in [0.1, 0.15) is 5.60 Å². The maximum absolute atomic E-state index is 11.6. The van der Waals surface area contributed by atoms with Gasteiger partial charge in [-0.15, -0.1) is 0 Å². The molecule has 18 heavy (non-hydrogen) atoms. The Morgan fingerprint density at radius 3 is 2.89 bits per heavy atom. The van der Waals surface area contributed by atoms with Crippen molar-refractivity contribution in [3.63, 3.8) is 0 Å². The molecule has 0 unspecified atom stereocenters. The van der Waals surface area contributed by atoms with Crippen LogP contribution < -0.4 is 10.6 Å². The van der Waals surface area contributed by atoms with Crippen molar-refractivity contribution in [2.45, 2.75) is 39.2 Å². The standard InChI is InChI=1S/C14H20N2O2/c1-14(2,3)18-13(17)16-11-6-7-12-10(9-11)5-4-8-15-12/h6-7,9,15H,4-5,8H2,1-3H3,(H,16,17). The highest BCUT2D eigenvalue weighted by Crippen LogP contribution is 2.25. The van der Waals surface area contributed by atoms with Crippen molar-refractivity contribution in [1.29, 1.82) is 0 Å². The average Bonchev–Trinajstić information content (AvgIpc) is 2.26. The Morgan fingerprint density at radius 2 is 2.17 bits per heavy atom. The molecule has 0 aliphatic carbocycles. The van der Waals surface area contributed by atoms with E-state index in [-0.39, 0.29) is 0 Å². The third-order valence-corrected chi connectivity index (χ3v) is 2.69. The van der Waals surface area contributed by atoms with Gasteiger partial charge >= 0.3 is 6.09 Å². The largest absolute Gasteiger partial charge is 0.444 e. The highest BCUT2D eigenvalue weighted by atomic mass is 16.6. The molecule has 4 nitrogen and oxygen atoms in total. The first kappa shape index (κ1) is 12.7. The molecule has 2 N–H and O–H groups in total. The molecule has 0 spiro atoms. The van der Waals surface area contributed by atoms with Crippen LogP contribution in [0.25, 0.3) is 0 Å². The van der Waals surface area contributed by atoms with E-state index < -0.39 is 11.7 Å². The van der Waals surface area contributed by atoms with Crippen molar-refractivity contribution in [2.24, 2.45) is 0 Å². The summed E-state index contributed by atoms with van der Waals surface area (Å²) >= 11 is 0. The van der Waals surface area contributed by atoms with Crippen LogP contribution in [0.3, 0.4) is 0 Å². The summed E-state index contributed by atoms with van der Waals surface area (Å²) in [6.07, 6.45) is 1.76. The monoisotopic (exact) mass is 248 g/mol. The van der Waals surface area contributed by atoms with E-state index in [0.717, 1.165) is 30.8 Å². The van der Waals surface area contributed by atoms with Gasteiger partial charge in [0.15, 0.2) is 0 Å². The summed E-state index contributed by atoms with van der Waals surface area (Å²) in [6, 6.07) is 5.90. The predicted molar refractivity (Wildman–Crippen MR) is 73.1 cm³/mol. The van der Waals surface area contributed by atoms with E-state index in [1.165, 1.54) is 5.56 Å². The number of benzene rings is 1. The number of rotatable bonds is 1. The minimum Gasteiger partial charge on any atom is -0.444 e. The van der Waals surface area contributed by atoms with Crippen molar-refractivity contribution in [1.82, 2.24) is 0 Å². The average molecular weight is 248 g/mol. The first-order valence-electron chi connectivity index (χ1n) is 6.31. The number of ether oxygens (including phenoxy) is 1. The zero-order valence-corrected chi connectivity index (χ0v) is 11.2. The van der Waals surface area contributed by atoms with E-state index in [4.69, 9.17) is 4.74 Å². The molecule has 0 saturated carbocycles. The number of aryl methyl sites for hydroxylation is 1. The van der Waals surface area contributed by atoms with Crippen LogP contribution in [-0.2, 0) is 11.2 Å². The van der Waals surface area contributed by atoms with E-state index in [1.54, 1.807) is 0 Å². The van der Waals surface area contributed by atoms with E-state index in [0.29, 0.717) is 0 Å². The Morgan fingerprint density at radius 1 is 1.39 bits per heavy atom.